The second-order valence-corrected chi connectivity index (χ2v) is 7.38. The summed E-state index contributed by atoms with van der Waals surface area (Å²) in [6.45, 7) is 5.82. The molecule has 1 heterocycles. The van der Waals surface area contributed by atoms with Gasteiger partial charge in [0.15, 0.2) is 5.95 Å². The number of hydrogen-bond acceptors (Lipinski definition) is 5. The molecule has 1 aromatic heterocycles. The molecule has 0 bridgehead atoms. The van der Waals surface area contributed by atoms with Crippen LogP contribution in [0.3, 0.4) is 0 Å². The average molecular weight is 383 g/mol. The number of thioether (sulfide) groups is 1. The first-order valence-corrected chi connectivity index (χ1v) is 9.57. The van der Waals surface area contributed by atoms with Crippen LogP contribution in [0.4, 0.5) is 5.69 Å². The number of nitrogens with one attached hydrogen (secondary N) is 1. The minimum absolute atomic E-state index is 0.153. The molecule has 0 aliphatic rings. The minimum Gasteiger partial charge on any atom is -0.538 e. The third kappa shape index (κ3) is 4.14. The van der Waals surface area contributed by atoms with Gasteiger partial charge in [-0.05, 0) is 47.8 Å². The van der Waals surface area contributed by atoms with Gasteiger partial charge in [0, 0.05) is 17.8 Å². The molecule has 0 saturated carbocycles. The van der Waals surface area contributed by atoms with Crippen LogP contribution in [0.1, 0.15) is 24.5 Å². The number of amides is 1. The van der Waals surface area contributed by atoms with E-state index in [1.54, 1.807) is 0 Å². The van der Waals surface area contributed by atoms with E-state index in [-0.39, 0.29) is 10.9 Å². The molecule has 140 valence electrons. The van der Waals surface area contributed by atoms with Crippen molar-refractivity contribution in [3.05, 3.63) is 59.7 Å². The molecule has 3 aromatic rings. The molecule has 1 amide bonds. The van der Waals surface area contributed by atoms with Crippen molar-refractivity contribution in [2.75, 3.05) is 5.32 Å². The quantitative estimate of drug-likeness (QED) is 0.522. The number of benzene rings is 2. The number of carbonyl (C=O) groups excluding carboxylic acids is 1. The Morgan fingerprint density at radius 2 is 1.85 bits per heavy atom. The molecule has 0 saturated heterocycles. The summed E-state index contributed by atoms with van der Waals surface area (Å²) in [4.78, 5) is 12.8. The van der Waals surface area contributed by atoms with Crippen molar-refractivity contribution in [3.8, 4) is 11.6 Å². The lowest BCUT2D eigenvalue weighted by Gasteiger charge is -2.16. The van der Waals surface area contributed by atoms with Gasteiger partial charge in [-0.1, -0.05) is 43.3 Å². The summed E-state index contributed by atoms with van der Waals surface area (Å²) in [5, 5.41) is 18.8. The number of aromatic nitrogens is 2. The molecule has 2 aromatic carbocycles. The van der Waals surface area contributed by atoms with E-state index in [4.69, 9.17) is 4.52 Å². The van der Waals surface area contributed by atoms with E-state index in [9.17, 15) is 9.90 Å². The number of aryl methyl sites for hydroxylation is 2. The van der Waals surface area contributed by atoms with Crippen LogP contribution in [-0.4, -0.2) is 16.4 Å². The van der Waals surface area contributed by atoms with E-state index < -0.39 is 11.2 Å². The number of carbonyl (C=O) groups is 1. The molecule has 6 nitrogen and oxygen atoms in total. The first-order valence-electron chi connectivity index (χ1n) is 8.69. The van der Waals surface area contributed by atoms with Crippen LogP contribution in [0.25, 0.3) is 5.69 Å². The van der Waals surface area contributed by atoms with Gasteiger partial charge in [0.1, 0.15) is 0 Å². The smallest absolute Gasteiger partial charge is 0.298 e. The van der Waals surface area contributed by atoms with Gasteiger partial charge < -0.3 is 14.9 Å². The van der Waals surface area contributed by atoms with E-state index in [0.29, 0.717) is 12.1 Å². The van der Waals surface area contributed by atoms with Crippen molar-refractivity contribution in [1.29, 1.82) is 0 Å². The van der Waals surface area contributed by atoms with Crippen molar-refractivity contribution in [3.63, 3.8) is 0 Å². The molecule has 1 N–H and O–H groups in total. The number of rotatable bonds is 6. The maximum Gasteiger partial charge on any atom is 0.298 e. The predicted octanol–water partition coefficient (Wildman–Crippen LogP) is 3.15. The normalized spacial score (nSPS) is 12.0. The summed E-state index contributed by atoms with van der Waals surface area (Å²) in [5.41, 5.74) is 3.51. The zero-order valence-corrected chi connectivity index (χ0v) is 16.2. The first kappa shape index (κ1) is 19.0. The van der Waals surface area contributed by atoms with Crippen LogP contribution >= 0.6 is 11.8 Å². The van der Waals surface area contributed by atoms with E-state index >= 15 is 0 Å². The second kappa shape index (κ2) is 8.26. The monoisotopic (exact) mass is 383 g/mol. The van der Waals surface area contributed by atoms with Gasteiger partial charge in [-0.3, -0.25) is 4.79 Å². The molecule has 0 spiro atoms. The third-order valence-electron chi connectivity index (χ3n) is 4.22. The van der Waals surface area contributed by atoms with Gasteiger partial charge in [-0.25, -0.2) is 0 Å². The maximum absolute atomic E-state index is 12.8. The molecule has 0 aliphatic heterocycles. The molecular formula is C20H21N3O3S. The van der Waals surface area contributed by atoms with E-state index in [0.717, 1.165) is 28.6 Å². The van der Waals surface area contributed by atoms with Gasteiger partial charge in [-0.15, -0.1) is 0 Å². The Hall–Kier alpha value is -2.80. The topological polar surface area (TPSA) is 82.1 Å². The third-order valence-corrected chi connectivity index (χ3v) is 5.61. The zero-order valence-electron chi connectivity index (χ0n) is 15.4. The number of anilines is 1. The fraction of sp³-hybridized carbons (Fsp3) is 0.250. The summed E-state index contributed by atoms with van der Waals surface area (Å²) in [7, 11) is 0. The lowest BCUT2D eigenvalue weighted by atomic mass is 10.1. The van der Waals surface area contributed by atoms with Crippen molar-refractivity contribution < 1.29 is 19.1 Å². The first-order chi connectivity index (χ1) is 13.0. The SMILES string of the molecule is CCC(Sc1c([O-])on[n+]1-c1ccccc1)C(=O)Nc1c(C)cccc1C. The largest absolute Gasteiger partial charge is 0.538 e. The Balaban J connectivity index is 1.84. The van der Waals surface area contributed by atoms with E-state index in [1.807, 2.05) is 69.3 Å². The van der Waals surface area contributed by atoms with Crippen molar-refractivity contribution in [2.24, 2.45) is 0 Å². The average Bonchev–Trinajstić information content (AvgIpc) is 3.03. The fourth-order valence-corrected chi connectivity index (χ4v) is 3.72. The van der Waals surface area contributed by atoms with Gasteiger partial charge in [0.05, 0.1) is 10.5 Å². The Bertz CT molecular complexity index is 921. The summed E-state index contributed by atoms with van der Waals surface area (Å²) in [5.74, 6) is -0.706. The Morgan fingerprint density at radius 1 is 1.19 bits per heavy atom. The Labute approximate surface area is 162 Å². The summed E-state index contributed by atoms with van der Waals surface area (Å²) in [6.07, 6.45) is 0.556. The molecule has 3 rings (SSSR count). The van der Waals surface area contributed by atoms with Gasteiger partial charge >= 0.3 is 0 Å². The lowest BCUT2D eigenvalue weighted by molar-refractivity contribution is -0.705. The molecule has 7 heteroatoms. The number of hydrogen-bond donors (Lipinski definition) is 1. The van der Waals surface area contributed by atoms with Crippen LogP contribution in [0.5, 0.6) is 5.95 Å². The second-order valence-electron chi connectivity index (χ2n) is 6.18. The van der Waals surface area contributed by atoms with Crippen molar-refractivity contribution in [2.45, 2.75) is 37.5 Å². The van der Waals surface area contributed by atoms with Gasteiger partial charge in [0.2, 0.25) is 11.6 Å². The molecule has 27 heavy (non-hydrogen) atoms. The Kier molecular flexibility index (Phi) is 5.81. The van der Waals surface area contributed by atoms with Gasteiger partial charge in [0.25, 0.3) is 5.03 Å². The lowest BCUT2D eigenvalue weighted by Crippen LogP contribution is -2.36. The predicted molar refractivity (Wildman–Crippen MR) is 102 cm³/mol. The van der Waals surface area contributed by atoms with Crippen molar-refractivity contribution in [1.82, 2.24) is 5.27 Å². The van der Waals surface area contributed by atoms with Crippen LogP contribution in [-0.2, 0) is 4.79 Å². The molecule has 1 unspecified atom stereocenters. The molecular weight excluding hydrogens is 362 g/mol. The maximum atomic E-state index is 12.8. The Morgan fingerprint density at radius 3 is 2.48 bits per heavy atom. The highest BCUT2D eigenvalue weighted by Gasteiger charge is 2.28. The molecule has 1 atom stereocenters. The molecule has 0 aliphatic carbocycles. The highest BCUT2D eigenvalue weighted by molar-refractivity contribution is 8.00. The summed E-state index contributed by atoms with van der Waals surface area (Å²) in [6, 6.07) is 15.1. The van der Waals surface area contributed by atoms with Gasteiger partial charge in [-0.2, -0.15) is 0 Å². The highest BCUT2D eigenvalue weighted by Crippen LogP contribution is 2.30. The van der Waals surface area contributed by atoms with Crippen LogP contribution in [0, 0.1) is 13.8 Å². The van der Waals surface area contributed by atoms with Crippen molar-refractivity contribution >= 4 is 23.4 Å². The van der Waals surface area contributed by atoms with Crippen LogP contribution < -0.4 is 15.1 Å². The zero-order chi connectivity index (χ0) is 19.4. The van der Waals surface area contributed by atoms with Crippen LogP contribution in [0.2, 0.25) is 0 Å². The minimum atomic E-state index is -0.554. The van der Waals surface area contributed by atoms with Crippen LogP contribution in [0.15, 0.2) is 58.1 Å². The summed E-state index contributed by atoms with van der Waals surface area (Å²) < 4.78 is 6.27. The van der Waals surface area contributed by atoms with E-state index in [1.165, 1.54) is 4.68 Å². The number of para-hydroxylation sites is 2. The number of nitrogens with zero attached hydrogens (tertiary/aromatic N) is 2. The highest BCUT2D eigenvalue weighted by atomic mass is 32.2. The fourth-order valence-electron chi connectivity index (χ4n) is 2.74. The molecule has 0 radical (unpaired) electrons. The van der Waals surface area contributed by atoms with E-state index in [2.05, 4.69) is 10.6 Å². The summed E-state index contributed by atoms with van der Waals surface area (Å²) >= 11 is 1.16. The standard InChI is InChI=1S/C20H21N3O3S/c1-4-16(18(24)21-17-13(2)9-8-10-14(17)3)27-19-20(25)26-22-23(19)15-11-6-5-7-12-15/h5-12,16H,4H2,1-3H3,(H-,21,22,24,25). The molecule has 0 fully saturated rings.